The highest BCUT2D eigenvalue weighted by Gasteiger charge is 2.15. The smallest absolute Gasteiger partial charge is 0.165 e. The van der Waals surface area contributed by atoms with E-state index >= 15 is 0 Å². The summed E-state index contributed by atoms with van der Waals surface area (Å²) in [5, 5.41) is 9.49. The van der Waals surface area contributed by atoms with Crippen molar-refractivity contribution >= 4 is 0 Å². The fraction of sp³-hybridized carbons (Fsp3) is 0.273. The molecule has 1 aromatic carbocycles. The number of benzene rings is 1. The van der Waals surface area contributed by atoms with Gasteiger partial charge in [-0.05, 0) is 25.0 Å². The maximum atomic E-state index is 13.0. The zero-order chi connectivity index (χ0) is 10.7. The molecule has 3 heteroatoms. The number of aryl methyl sites for hydroxylation is 1. The van der Waals surface area contributed by atoms with Gasteiger partial charge in [-0.3, -0.25) is 0 Å². The molecule has 0 amide bonds. The van der Waals surface area contributed by atoms with Crippen LogP contribution in [0.25, 0.3) is 0 Å². The summed E-state index contributed by atoms with van der Waals surface area (Å²) in [6, 6.07) is 2.44. The largest absolute Gasteiger partial charge is 0.505 e. The van der Waals surface area contributed by atoms with Crippen LogP contribution in [0.3, 0.4) is 0 Å². The average Bonchev–Trinajstić information content (AvgIpc) is 2.13. The number of phenolic OH excluding ortho intramolecular Hbond substituents is 1. The van der Waals surface area contributed by atoms with Crippen molar-refractivity contribution in [1.82, 2.24) is 0 Å². The molecule has 0 aliphatic heterocycles. The minimum atomic E-state index is -0.634. The summed E-state index contributed by atoms with van der Waals surface area (Å²) in [6.45, 7) is 5.34. The summed E-state index contributed by atoms with van der Waals surface area (Å²) in [7, 11) is 0. The maximum Gasteiger partial charge on any atom is 0.165 e. The van der Waals surface area contributed by atoms with Crippen LogP contribution in [-0.2, 0) is 0 Å². The molecule has 14 heavy (non-hydrogen) atoms. The minimum Gasteiger partial charge on any atom is -0.505 e. The first-order valence-corrected chi connectivity index (χ1v) is 4.42. The molecule has 1 rings (SSSR count). The predicted molar refractivity (Wildman–Crippen MR) is 54.5 cm³/mol. The first-order chi connectivity index (χ1) is 6.57. The van der Waals surface area contributed by atoms with Crippen LogP contribution in [-0.4, -0.2) is 5.11 Å². The molecule has 0 fully saturated rings. The number of hydrogen-bond donors (Lipinski definition) is 2. The number of phenols is 1. The van der Waals surface area contributed by atoms with E-state index in [1.54, 1.807) is 19.1 Å². The van der Waals surface area contributed by atoms with Gasteiger partial charge >= 0.3 is 0 Å². The molecular weight excluding hydrogens is 181 g/mol. The van der Waals surface area contributed by atoms with Gasteiger partial charge in [-0.1, -0.05) is 12.1 Å². The molecule has 0 aromatic heterocycles. The second kappa shape index (κ2) is 4.24. The van der Waals surface area contributed by atoms with Crippen molar-refractivity contribution in [3.63, 3.8) is 0 Å². The normalized spacial score (nSPS) is 12.5. The van der Waals surface area contributed by atoms with Crippen molar-refractivity contribution in [1.29, 1.82) is 0 Å². The van der Waals surface area contributed by atoms with Crippen molar-refractivity contribution in [2.75, 3.05) is 0 Å². The Bertz CT molecular complexity index is 349. The van der Waals surface area contributed by atoms with Crippen molar-refractivity contribution in [2.24, 2.45) is 5.73 Å². The Morgan fingerprint density at radius 3 is 2.86 bits per heavy atom. The monoisotopic (exact) mass is 195 g/mol. The van der Waals surface area contributed by atoms with E-state index in [-0.39, 0.29) is 5.75 Å². The highest BCUT2D eigenvalue weighted by Crippen LogP contribution is 2.30. The molecule has 1 atom stereocenters. The summed E-state index contributed by atoms with van der Waals surface area (Å²) in [5.41, 5.74) is 7.03. The lowest BCUT2D eigenvalue weighted by Crippen LogP contribution is -2.11. The van der Waals surface area contributed by atoms with Gasteiger partial charge in [-0.25, -0.2) is 4.39 Å². The summed E-state index contributed by atoms with van der Waals surface area (Å²) in [6.07, 6.45) is 2.16. The lowest BCUT2D eigenvalue weighted by molar-refractivity contribution is 0.420. The minimum absolute atomic E-state index is 0.348. The molecule has 76 valence electrons. The highest BCUT2D eigenvalue weighted by atomic mass is 19.1. The Morgan fingerprint density at radius 2 is 2.29 bits per heavy atom. The van der Waals surface area contributed by atoms with Crippen LogP contribution in [0.15, 0.2) is 24.8 Å². The molecule has 2 nitrogen and oxygen atoms in total. The quantitative estimate of drug-likeness (QED) is 0.727. The lowest BCUT2D eigenvalue weighted by Gasteiger charge is -2.14. The molecule has 0 spiro atoms. The fourth-order valence-corrected chi connectivity index (χ4v) is 1.45. The van der Waals surface area contributed by atoms with Gasteiger partial charge in [0.15, 0.2) is 11.6 Å². The topological polar surface area (TPSA) is 46.2 Å². The predicted octanol–water partition coefficient (Wildman–Crippen LogP) is 2.42. The Hall–Kier alpha value is -1.35. The van der Waals surface area contributed by atoms with Crippen LogP contribution < -0.4 is 5.73 Å². The molecule has 0 saturated carbocycles. The maximum absolute atomic E-state index is 13.0. The SMILES string of the molecule is C=CC[C@H](N)c1c(C)ccc(F)c1O. The van der Waals surface area contributed by atoms with Gasteiger partial charge in [0.1, 0.15) is 0 Å². The standard InChI is InChI=1S/C11H14FNO/c1-3-4-9(13)10-7(2)5-6-8(12)11(10)14/h3,5-6,9,14H,1,4,13H2,2H3/t9-/m0/s1. The number of halogens is 1. The van der Waals surface area contributed by atoms with Crippen LogP contribution >= 0.6 is 0 Å². The Balaban J connectivity index is 3.17. The van der Waals surface area contributed by atoms with E-state index in [4.69, 9.17) is 5.73 Å². The second-order valence-corrected chi connectivity index (χ2v) is 3.26. The lowest BCUT2D eigenvalue weighted by atomic mass is 9.98. The molecule has 0 radical (unpaired) electrons. The van der Waals surface area contributed by atoms with Gasteiger partial charge in [0.05, 0.1) is 0 Å². The summed E-state index contributed by atoms with van der Waals surface area (Å²) in [4.78, 5) is 0. The number of aromatic hydroxyl groups is 1. The van der Waals surface area contributed by atoms with E-state index in [1.165, 1.54) is 6.07 Å². The first-order valence-electron chi connectivity index (χ1n) is 4.42. The van der Waals surface area contributed by atoms with Gasteiger partial charge in [0.25, 0.3) is 0 Å². The third kappa shape index (κ3) is 1.93. The summed E-state index contributed by atoms with van der Waals surface area (Å²) >= 11 is 0. The molecule has 0 heterocycles. The molecule has 3 N–H and O–H groups in total. The molecule has 0 saturated heterocycles. The van der Waals surface area contributed by atoms with Crippen LogP contribution in [0.2, 0.25) is 0 Å². The zero-order valence-corrected chi connectivity index (χ0v) is 8.13. The molecular formula is C11H14FNO. The van der Waals surface area contributed by atoms with Crippen LogP contribution in [0.4, 0.5) is 4.39 Å². The molecule has 0 bridgehead atoms. The third-order valence-corrected chi connectivity index (χ3v) is 2.18. The summed E-state index contributed by atoms with van der Waals surface area (Å²) < 4.78 is 13.0. The highest BCUT2D eigenvalue weighted by molar-refractivity contribution is 5.42. The van der Waals surface area contributed by atoms with E-state index in [0.717, 1.165) is 5.56 Å². The van der Waals surface area contributed by atoms with E-state index < -0.39 is 11.9 Å². The van der Waals surface area contributed by atoms with Gasteiger partial charge in [0.2, 0.25) is 0 Å². The second-order valence-electron chi connectivity index (χ2n) is 3.26. The molecule has 0 unspecified atom stereocenters. The molecule has 0 aliphatic carbocycles. The number of nitrogens with two attached hydrogens (primary N) is 1. The fourth-order valence-electron chi connectivity index (χ4n) is 1.45. The Kier molecular flexibility index (Phi) is 3.25. The molecule has 1 aromatic rings. The number of rotatable bonds is 3. The van der Waals surface area contributed by atoms with E-state index in [1.807, 2.05) is 0 Å². The van der Waals surface area contributed by atoms with E-state index in [9.17, 15) is 9.50 Å². The molecule has 0 aliphatic rings. The van der Waals surface area contributed by atoms with Gasteiger partial charge in [-0.15, -0.1) is 6.58 Å². The average molecular weight is 195 g/mol. The third-order valence-electron chi connectivity index (χ3n) is 2.18. The van der Waals surface area contributed by atoms with Crippen LogP contribution in [0.1, 0.15) is 23.6 Å². The van der Waals surface area contributed by atoms with E-state index in [2.05, 4.69) is 6.58 Å². The Morgan fingerprint density at radius 1 is 1.64 bits per heavy atom. The van der Waals surface area contributed by atoms with Crippen molar-refractivity contribution in [2.45, 2.75) is 19.4 Å². The number of hydrogen-bond acceptors (Lipinski definition) is 2. The van der Waals surface area contributed by atoms with Gasteiger partial charge in [0, 0.05) is 11.6 Å². The van der Waals surface area contributed by atoms with E-state index in [0.29, 0.717) is 12.0 Å². The Labute approximate surface area is 82.9 Å². The summed E-state index contributed by atoms with van der Waals surface area (Å²) in [5.74, 6) is -0.982. The zero-order valence-electron chi connectivity index (χ0n) is 8.13. The van der Waals surface area contributed by atoms with Gasteiger partial charge < -0.3 is 10.8 Å². The van der Waals surface area contributed by atoms with Crippen molar-refractivity contribution < 1.29 is 9.50 Å². The van der Waals surface area contributed by atoms with Crippen LogP contribution in [0, 0.1) is 12.7 Å². The van der Waals surface area contributed by atoms with Crippen molar-refractivity contribution in [3.8, 4) is 5.75 Å². The van der Waals surface area contributed by atoms with Crippen molar-refractivity contribution in [3.05, 3.63) is 41.7 Å². The first kappa shape index (κ1) is 10.7. The van der Waals surface area contributed by atoms with Gasteiger partial charge in [-0.2, -0.15) is 0 Å². The van der Waals surface area contributed by atoms with Crippen LogP contribution in [0.5, 0.6) is 5.75 Å².